The van der Waals surface area contributed by atoms with Crippen molar-refractivity contribution in [3.63, 3.8) is 0 Å². The molecule has 7 heteroatoms. The summed E-state index contributed by atoms with van der Waals surface area (Å²) in [5.74, 6) is -0.408. The van der Waals surface area contributed by atoms with Gasteiger partial charge in [-0.2, -0.15) is 0 Å². The van der Waals surface area contributed by atoms with Crippen LogP contribution < -0.4 is 14.8 Å². The van der Waals surface area contributed by atoms with Crippen molar-refractivity contribution in [3.8, 4) is 11.5 Å². The van der Waals surface area contributed by atoms with Crippen LogP contribution in [0.2, 0.25) is 5.02 Å². The summed E-state index contributed by atoms with van der Waals surface area (Å²) in [7, 11) is 1.46. The summed E-state index contributed by atoms with van der Waals surface area (Å²) in [5, 5.41) is 2.92. The quantitative estimate of drug-likeness (QED) is 0.483. The summed E-state index contributed by atoms with van der Waals surface area (Å²) in [6, 6.07) is 11.8. The molecule has 28 heavy (non-hydrogen) atoms. The van der Waals surface area contributed by atoms with Gasteiger partial charge >= 0.3 is 5.97 Å². The zero-order chi connectivity index (χ0) is 20.5. The van der Waals surface area contributed by atoms with Crippen LogP contribution in [0, 0.1) is 0 Å². The molecule has 2 aromatic carbocycles. The topological polar surface area (TPSA) is 73.9 Å². The van der Waals surface area contributed by atoms with E-state index < -0.39 is 18.0 Å². The Bertz CT molecular complexity index is 810. The van der Waals surface area contributed by atoms with Crippen molar-refractivity contribution < 1.29 is 23.8 Å². The summed E-state index contributed by atoms with van der Waals surface area (Å²) >= 11 is 6.25. The summed E-state index contributed by atoms with van der Waals surface area (Å²) in [6.07, 6.45) is 0.864. The first kappa shape index (κ1) is 21.6. The number of hydrogen-bond acceptors (Lipinski definition) is 5. The zero-order valence-corrected chi connectivity index (χ0v) is 16.9. The van der Waals surface area contributed by atoms with E-state index in [0.717, 1.165) is 12.8 Å². The molecule has 0 spiro atoms. The van der Waals surface area contributed by atoms with Gasteiger partial charge < -0.3 is 19.5 Å². The second-order valence-electron chi connectivity index (χ2n) is 6.09. The lowest BCUT2D eigenvalue weighted by Crippen LogP contribution is -2.30. The maximum absolute atomic E-state index is 12.4. The summed E-state index contributed by atoms with van der Waals surface area (Å²) < 4.78 is 16.2. The lowest BCUT2D eigenvalue weighted by molar-refractivity contribution is -0.123. The number of hydrogen-bond donors (Lipinski definition) is 1. The molecule has 150 valence electrons. The Morgan fingerprint density at radius 2 is 1.89 bits per heavy atom. The number of halogens is 1. The molecule has 0 aliphatic heterocycles. The van der Waals surface area contributed by atoms with Gasteiger partial charge in [0.1, 0.15) is 0 Å². The van der Waals surface area contributed by atoms with Crippen LogP contribution in [0.15, 0.2) is 42.5 Å². The van der Waals surface area contributed by atoms with E-state index in [1.165, 1.54) is 26.2 Å². The van der Waals surface area contributed by atoms with E-state index in [-0.39, 0.29) is 10.6 Å². The highest BCUT2D eigenvalue weighted by molar-refractivity contribution is 6.32. The lowest BCUT2D eigenvalue weighted by Gasteiger charge is -2.16. The Morgan fingerprint density at radius 3 is 2.54 bits per heavy atom. The molecule has 0 heterocycles. The number of benzene rings is 2. The highest BCUT2D eigenvalue weighted by Gasteiger charge is 2.22. The number of amides is 1. The molecule has 0 radical (unpaired) electrons. The Labute approximate surface area is 169 Å². The van der Waals surface area contributed by atoms with Gasteiger partial charge in [-0.25, -0.2) is 4.79 Å². The maximum Gasteiger partial charge on any atom is 0.339 e. The van der Waals surface area contributed by atoms with E-state index in [9.17, 15) is 9.59 Å². The van der Waals surface area contributed by atoms with E-state index in [1.54, 1.807) is 24.3 Å². The fraction of sp³-hybridized carbons (Fsp3) is 0.333. The summed E-state index contributed by atoms with van der Waals surface area (Å²) in [4.78, 5) is 24.7. The molecule has 0 aromatic heterocycles. The number of carbonyl (C=O) groups is 2. The first-order valence-electron chi connectivity index (χ1n) is 9.03. The minimum atomic E-state index is -0.988. The number of para-hydroxylation sites is 1. The van der Waals surface area contributed by atoms with Crippen LogP contribution in [0.4, 0.5) is 5.69 Å². The Morgan fingerprint density at radius 1 is 1.18 bits per heavy atom. The van der Waals surface area contributed by atoms with Crippen LogP contribution in [-0.2, 0) is 9.53 Å². The molecule has 0 fully saturated rings. The molecule has 1 N–H and O–H groups in total. The first-order valence-corrected chi connectivity index (χ1v) is 9.41. The molecule has 2 aromatic rings. The third-order valence-corrected chi connectivity index (χ3v) is 4.18. The molecule has 0 unspecified atom stereocenters. The van der Waals surface area contributed by atoms with Crippen molar-refractivity contribution in [2.45, 2.75) is 32.8 Å². The van der Waals surface area contributed by atoms with Crippen LogP contribution in [0.1, 0.15) is 37.0 Å². The van der Waals surface area contributed by atoms with Gasteiger partial charge in [-0.1, -0.05) is 43.1 Å². The Hall–Kier alpha value is -2.73. The molecular weight excluding hydrogens is 382 g/mol. The number of anilines is 1. The first-order chi connectivity index (χ1) is 13.5. The van der Waals surface area contributed by atoms with E-state index in [1.807, 2.05) is 6.07 Å². The van der Waals surface area contributed by atoms with Crippen LogP contribution in [-0.4, -0.2) is 31.7 Å². The Balaban J connectivity index is 2.06. The van der Waals surface area contributed by atoms with Gasteiger partial charge in [-0.05, 0) is 37.6 Å². The molecule has 0 aliphatic rings. The van der Waals surface area contributed by atoms with Gasteiger partial charge in [0.25, 0.3) is 5.91 Å². The monoisotopic (exact) mass is 405 g/mol. The van der Waals surface area contributed by atoms with Crippen molar-refractivity contribution in [1.82, 2.24) is 0 Å². The molecule has 0 saturated carbocycles. The summed E-state index contributed by atoms with van der Waals surface area (Å²) in [6.45, 7) is 4.04. The van der Waals surface area contributed by atoms with E-state index in [0.29, 0.717) is 23.8 Å². The molecule has 6 nitrogen and oxygen atoms in total. The zero-order valence-electron chi connectivity index (χ0n) is 16.2. The van der Waals surface area contributed by atoms with Crippen LogP contribution >= 0.6 is 11.6 Å². The normalized spacial score (nSPS) is 11.4. The fourth-order valence-corrected chi connectivity index (χ4v) is 2.61. The Kier molecular flexibility index (Phi) is 8.14. The number of rotatable bonds is 9. The molecule has 1 amide bonds. The van der Waals surface area contributed by atoms with Crippen molar-refractivity contribution in [2.75, 3.05) is 19.0 Å². The number of unbranched alkanes of at least 4 members (excludes halogenated alkanes) is 1. The van der Waals surface area contributed by atoms with Gasteiger partial charge in [-0.3, -0.25) is 4.79 Å². The second kappa shape index (κ2) is 10.6. The standard InChI is InChI=1S/C21H24ClNO5/c1-4-5-11-27-19-17(22)12-15(13-18(19)26-3)21(25)28-14(2)20(24)23-16-9-7-6-8-10-16/h6-10,12-14H,4-5,11H2,1-3H3,(H,23,24)/t14-/m1/s1. The van der Waals surface area contributed by atoms with Crippen molar-refractivity contribution in [3.05, 3.63) is 53.1 Å². The molecular formula is C21H24ClNO5. The predicted molar refractivity (Wildman–Crippen MR) is 108 cm³/mol. The SMILES string of the molecule is CCCCOc1c(Cl)cc(C(=O)O[C@H](C)C(=O)Nc2ccccc2)cc1OC. The van der Waals surface area contributed by atoms with Crippen LogP contribution in [0.25, 0.3) is 0 Å². The largest absolute Gasteiger partial charge is 0.493 e. The van der Waals surface area contributed by atoms with Crippen LogP contribution in [0.5, 0.6) is 11.5 Å². The van der Waals surface area contributed by atoms with Gasteiger partial charge in [0.15, 0.2) is 17.6 Å². The number of methoxy groups -OCH3 is 1. The molecule has 1 atom stereocenters. The van der Waals surface area contributed by atoms with Gasteiger partial charge in [0.2, 0.25) is 0 Å². The predicted octanol–water partition coefficient (Wildman–Crippen LogP) is 4.71. The maximum atomic E-state index is 12.4. The molecule has 0 aliphatic carbocycles. The van der Waals surface area contributed by atoms with E-state index in [4.69, 9.17) is 25.8 Å². The van der Waals surface area contributed by atoms with Gasteiger partial charge in [-0.15, -0.1) is 0 Å². The number of ether oxygens (including phenoxy) is 3. The number of nitrogens with one attached hydrogen (secondary N) is 1. The van der Waals surface area contributed by atoms with Crippen molar-refractivity contribution >= 4 is 29.2 Å². The van der Waals surface area contributed by atoms with Crippen LogP contribution in [0.3, 0.4) is 0 Å². The lowest BCUT2D eigenvalue weighted by atomic mass is 10.2. The third kappa shape index (κ3) is 5.89. The molecule has 0 saturated heterocycles. The average Bonchev–Trinajstić information content (AvgIpc) is 2.69. The molecule has 2 rings (SSSR count). The van der Waals surface area contributed by atoms with Gasteiger partial charge in [0.05, 0.1) is 24.3 Å². The van der Waals surface area contributed by atoms with Gasteiger partial charge in [0, 0.05) is 5.69 Å². The fourth-order valence-electron chi connectivity index (χ4n) is 2.34. The smallest absolute Gasteiger partial charge is 0.339 e. The minimum Gasteiger partial charge on any atom is -0.493 e. The number of carbonyl (C=O) groups excluding carboxylic acids is 2. The minimum absolute atomic E-state index is 0.170. The van der Waals surface area contributed by atoms with Crippen molar-refractivity contribution in [2.24, 2.45) is 0 Å². The highest BCUT2D eigenvalue weighted by Crippen LogP contribution is 2.36. The average molecular weight is 406 g/mol. The van der Waals surface area contributed by atoms with E-state index >= 15 is 0 Å². The number of esters is 1. The third-order valence-electron chi connectivity index (χ3n) is 3.90. The van der Waals surface area contributed by atoms with Crippen molar-refractivity contribution in [1.29, 1.82) is 0 Å². The molecule has 0 bridgehead atoms. The second-order valence-corrected chi connectivity index (χ2v) is 6.50. The summed E-state index contributed by atoms with van der Waals surface area (Å²) in [5.41, 5.74) is 0.790. The highest BCUT2D eigenvalue weighted by atomic mass is 35.5. The van der Waals surface area contributed by atoms with E-state index in [2.05, 4.69) is 12.2 Å².